The van der Waals surface area contributed by atoms with Crippen LogP contribution < -0.4 is 14.8 Å². The number of nitrogens with zero attached hydrogens (tertiary/aromatic N) is 1. The summed E-state index contributed by atoms with van der Waals surface area (Å²) >= 11 is 0. The van der Waals surface area contributed by atoms with Gasteiger partial charge >= 0.3 is 0 Å². The van der Waals surface area contributed by atoms with E-state index in [-0.39, 0.29) is 5.91 Å². The Labute approximate surface area is 154 Å². The zero-order valence-electron chi connectivity index (χ0n) is 16.1. The van der Waals surface area contributed by atoms with Gasteiger partial charge < -0.3 is 19.3 Å². The first-order valence-corrected chi connectivity index (χ1v) is 9.07. The Bertz CT molecular complexity index is 705. The topological polar surface area (TPSA) is 73.6 Å². The summed E-state index contributed by atoms with van der Waals surface area (Å²) in [6.45, 7) is 6.91. The van der Waals surface area contributed by atoms with Gasteiger partial charge in [-0.05, 0) is 38.5 Å². The Morgan fingerprint density at radius 3 is 2.65 bits per heavy atom. The number of rotatable bonds is 10. The maximum Gasteiger partial charge on any atom is 0.251 e. The Balaban J connectivity index is 1.97. The van der Waals surface area contributed by atoms with Crippen LogP contribution in [-0.4, -0.2) is 24.7 Å². The maximum atomic E-state index is 12.3. The number of hydrogen-bond donors (Lipinski definition) is 1. The fourth-order valence-corrected chi connectivity index (χ4v) is 2.64. The molecule has 142 valence electrons. The van der Waals surface area contributed by atoms with E-state index in [2.05, 4.69) is 17.4 Å². The number of benzene rings is 1. The van der Waals surface area contributed by atoms with Gasteiger partial charge in [-0.2, -0.15) is 0 Å². The van der Waals surface area contributed by atoms with Crippen molar-refractivity contribution in [3.05, 3.63) is 40.8 Å². The van der Waals surface area contributed by atoms with Crippen LogP contribution in [0.3, 0.4) is 0 Å². The van der Waals surface area contributed by atoms with Gasteiger partial charge in [0.2, 0.25) is 0 Å². The molecule has 0 saturated carbocycles. The Morgan fingerprint density at radius 2 is 2.00 bits per heavy atom. The number of hydrogen-bond acceptors (Lipinski definition) is 5. The second kappa shape index (κ2) is 9.85. The number of carbonyl (C=O) groups is 1. The van der Waals surface area contributed by atoms with E-state index in [9.17, 15) is 4.79 Å². The molecule has 6 nitrogen and oxygen atoms in total. The van der Waals surface area contributed by atoms with Crippen molar-refractivity contribution in [2.45, 2.75) is 53.1 Å². The van der Waals surface area contributed by atoms with E-state index in [1.807, 2.05) is 13.8 Å². The lowest BCUT2D eigenvalue weighted by atomic mass is 10.1. The molecule has 0 fully saturated rings. The number of methoxy groups -OCH3 is 1. The highest BCUT2D eigenvalue weighted by Gasteiger charge is 2.14. The molecular formula is C20H28N2O4. The van der Waals surface area contributed by atoms with Crippen LogP contribution in [0.4, 0.5) is 0 Å². The van der Waals surface area contributed by atoms with Crippen molar-refractivity contribution in [1.82, 2.24) is 10.5 Å². The molecular weight excluding hydrogens is 332 g/mol. The standard InChI is InChI=1S/C20H28N2O4/c1-5-6-7-8-11-21-20(23)16-9-10-18(19(12-16)24-4)25-13-17-14(2)22-26-15(17)3/h9-10,12H,5-8,11,13H2,1-4H3,(H,21,23). The van der Waals surface area contributed by atoms with Crippen LogP contribution in [0, 0.1) is 13.8 Å². The summed E-state index contributed by atoms with van der Waals surface area (Å²) in [6.07, 6.45) is 4.51. The van der Waals surface area contributed by atoms with Crippen LogP contribution in [0.1, 0.15) is 60.0 Å². The molecule has 2 aromatic rings. The molecule has 1 amide bonds. The van der Waals surface area contributed by atoms with E-state index in [1.54, 1.807) is 25.3 Å². The third-order valence-electron chi connectivity index (χ3n) is 4.29. The van der Waals surface area contributed by atoms with Crippen LogP contribution in [0.25, 0.3) is 0 Å². The number of ether oxygens (including phenoxy) is 2. The van der Waals surface area contributed by atoms with Gasteiger partial charge in [0.15, 0.2) is 11.5 Å². The van der Waals surface area contributed by atoms with Gasteiger partial charge in [0.25, 0.3) is 5.91 Å². The van der Waals surface area contributed by atoms with Crippen molar-refractivity contribution >= 4 is 5.91 Å². The van der Waals surface area contributed by atoms with Crippen LogP contribution in [-0.2, 0) is 6.61 Å². The molecule has 6 heteroatoms. The Kier molecular flexibility index (Phi) is 7.51. The van der Waals surface area contributed by atoms with Crippen molar-refractivity contribution < 1.29 is 18.8 Å². The quantitative estimate of drug-likeness (QED) is 0.643. The zero-order valence-corrected chi connectivity index (χ0v) is 16.1. The number of nitrogens with one attached hydrogen (secondary N) is 1. The summed E-state index contributed by atoms with van der Waals surface area (Å²) in [4.78, 5) is 12.3. The zero-order chi connectivity index (χ0) is 18.9. The summed E-state index contributed by atoms with van der Waals surface area (Å²) in [5, 5.41) is 6.86. The lowest BCUT2D eigenvalue weighted by Crippen LogP contribution is -2.24. The number of amides is 1. The largest absolute Gasteiger partial charge is 0.493 e. The Hall–Kier alpha value is -2.50. The van der Waals surface area contributed by atoms with Crippen molar-refractivity contribution in [3.8, 4) is 11.5 Å². The molecule has 1 N–H and O–H groups in total. The maximum absolute atomic E-state index is 12.3. The molecule has 0 aliphatic carbocycles. The second-order valence-corrected chi connectivity index (χ2v) is 6.27. The summed E-state index contributed by atoms with van der Waals surface area (Å²) in [6, 6.07) is 5.19. The normalized spacial score (nSPS) is 10.6. The van der Waals surface area contributed by atoms with Gasteiger partial charge in [0.05, 0.1) is 18.4 Å². The SMILES string of the molecule is CCCCCCNC(=O)c1ccc(OCc2c(C)noc2C)c(OC)c1. The lowest BCUT2D eigenvalue weighted by molar-refractivity contribution is 0.0952. The monoisotopic (exact) mass is 360 g/mol. The highest BCUT2D eigenvalue weighted by atomic mass is 16.5. The Morgan fingerprint density at radius 1 is 1.19 bits per heavy atom. The van der Waals surface area contributed by atoms with Gasteiger partial charge in [-0.25, -0.2) is 0 Å². The molecule has 0 spiro atoms. The van der Waals surface area contributed by atoms with Crippen LogP contribution >= 0.6 is 0 Å². The van der Waals surface area contributed by atoms with Crippen molar-refractivity contribution in [2.75, 3.05) is 13.7 Å². The molecule has 0 aliphatic heterocycles. The molecule has 1 heterocycles. The van der Waals surface area contributed by atoms with Gasteiger partial charge in [-0.1, -0.05) is 31.3 Å². The molecule has 1 aromatic heterocycles. The third-order valence-corrected chi connectivity index (χ3v) is 4.29. The molecule has 0 unspecified atom stereocenters. The fourth-order valence-electron chi connectivity index (χ4n) is 2.64. The van der Waals surface area contributed by atoms with E-state index in [1.165, 1.54) is 12.8 Å². The van der Waals surface area contributed by atoms with Crippen molar-refractivity contribution in [2.24, 2.45) is 0 Å². The molecule has 0 aliphatic rings. The smallest absolute Gasteiger partial charge is 0.251 e. The first-order chi connectivity index (χ1) is 12.6. The first-order valence-electron chi connectivity index (χ1n) is 9.07. The summed E-state index contributed by atoms with van der Waals surface area (Å²) < 4.78 is 16.4. The molecule has 0 saturated heterocycles. The number of carbonyl (C=O) groups excluding carboxylic acids is 1. The number of unbranched alkanes of at least 4 members (excludes halogenated alkanes) is 3. The molecule has 0 radical (unpaired) electrons. The fraction of sp³-hybridized carbons (Fsp3) is 0.500. The molecule has 0 atom stereocenters. The van der Waals surface area contributed by atoms with Gasteiger partial charge in [0, 0.05) is 12.1 Å². The highest BCUT2D eigenvalue weighted by Crippen LogP contribution is 2.29. The summed E-state index contributed by atoms with van der Waals surface area (Å²) in [7, 11) is 1.56. The molecule has 0 bridgehead atoms. The average molecular weight is 360 g/mol. The summed E-state index contributed by atoms with van der Waals surface area (Å²) in [5.41, 5.74) is 2.28. The third kappa shape index (κ3) is 5.25. The minimum absolute atomic E-state index is 0.0999. The number of aromatic nitrogens is 1. The van der Waals surface area contributed by atoms with E-state index in [0.717, 1.165) is 29.9 Å². The molecule has 2 rings (SSSR count). The van der Waals surface area contributed by atoms with Crippen LogP contribution in [0.15, 0.2) is 22.7 Å². The van der Waals surface area contributed by atoms with Crippen molar-refractivity contribution in [1.29, 1.82) is 0 Å². The van der Waals surface area contributed by atoms with Gasteiger partial charge in [-0.15, -0.1) is 0 Å². The predicted octanol–water partition coefficient (Wildman–Crippen LogP) is 4.19. The highest BCUT2D eigenvalue weighted by molar-refractivity contribution is 5.94. The second-order valence-electron chi connectivity index (χ2n) is 6.27. The lowest BCUT2D eigenvalue weighted by Gasteiger charge is -2.12. The van der Waals surface area contributed by atoms with Crippen molar-refractivity contribution in [3.63, 3.8) is 0 Å². The predicted molar refractivity (Wildman–Crippen MR) is 99.8 cm³/mol. The van der Waals surface area contributed by atoms with E-state index < -0.39 is 0 Å². The van der Waals surface area contributed by atoms with Gasteiger partial charge in [0.1, 0.15) is 12.4 Å². The number of aryl methyl sites for hydroxylation is 2. The van der Waals surface area contributed by atoms with Crippen LogP contribution in [0.2, 0.25) is 0 Å². The molecule has 26 heavy (non-hydrogen) atoms. The minimum Gasteiger partial charge on any atom is -0.493 e. The summed E-state index contributed by atoms with van der Waals surface area (Å²) in [5.74, 6) is 1.74. The minimum atomic E-state index is -0.0999. The van der Waals surface area contributed by atoms with E-state index in [0.29, 0.717) is 30.2 Å². The van der Waals surface area contributed by atoms with E-state index in [4.69, 9.17) is 14.0 Å². The first kappa shape index (κ1) is 19.8. The molecule has 1 aromatic carbocycles. The van der Waals surface area contributed by atoms with E-state index >= 15 is 0 Å². The van der Waals surface area contributed by atoms with Crippen LogP contribution in [0.5, 0.6) is 11.5 Å². The average Bonchev–Trinajstić information content (AvgIpc) is 2.97. The van der Waals surface area contributed by atoms with Gasteiger partial charge in [-0.3, -0.25) is 4.79 Å².